The second-order valence-electron chi connectivity index (χ2n) is 2.81. The minimum Gasteiger partial charge on any atom is -0.206 e. The van der Waals surface area contributed by atoms with Crippen molar-refractivity contribution >= 4 is 49.1 Å². The van der Waals surface area contributed by atoms with E-state index in [9.17, 15) is 4.39 Å². The van der Waals surface area contributed by atoms with Crippen molar-refractivity contribution in [3.63, 3.8) is 0 Å². The van der Waals surface area contributed by atoms with E-state index in [1.807, 2.05) is 12.3 Å². The van der Waals surface area contributed by atoms with Gasteiger partial charge in [-0.3, -0.25) is 0 Å². The van der Waals surface area contributed by atoms with Gasteiger partial charge in [-0.05, 0) is 18.4 Å². The zero-order chi connectivity index (χ0) is 10.1. The third-order valence-electron chi connectivity index (χ3n) is 2.01. The highest BCUT2D eigenvalue weighted by Crippen LogP contribution is 2.39. The number of thiophene rings is 1. The number of fused-ring (bicyclic) bond motifs is 1. The number of thioether (sulfide) groups is 1. The van der Waals surface area contributed by atoms with Crippen molar-refractivity contribution in [3.8, 4) is 0 Å². The van der Waals surface area contributed by atoms with Crippen LogP contribution in [-0.4, -0.2) is 6.26 Å². The fraction of sp³-hybridized carbons (Fsp3) is 0.200. The first kappa shape index (κ1) is 10.5. The van der Waals surface area contributed by atoms with Gasteiger partial charge in [0.25, 0.3) is 0 Å². The molecular weight excluding hydrogens is 283 g/mol. The topological polar surface area (TPSA) is 0 Å². The fourth-order valence-electron chi connectivity index (χ4n) is 1.43. The molecule has 2 rings (SSSR count). The van der Waals surface area contributed by atoms with Crippen molar-refractivity contribution in [2.75, 3.05) is 6.26 Å². The van der Waals surface area contributed by atoms with E-state index in [1.54, 1.807) is 29.2 Å². The third kappa shape index (κ3) is 1.59. The molecule has 1 heterocycles. The van der Waals surface area contributed by atoms with Gasteiger partial charge >= 0.3 is 0 Å². The molecule has 0 amide bonds. The largest absolute Gasteiger partial charge is 0.206 e. The Morgan fingerprint density at radius 1 is 1.50 bits per heavy atom. The van der Waals surface area contributed by atoms with Crippen molar-refractivity contribution in [2.45, 2.75) is 10.2 Å². The highest BCUT2D eigenvalue weighted by molar-refractivity contribution is 9.08. The lowest BCUT2D eigenvalue weighted by atomic mass is 10.2. The van der Waals surface area contributed by atoms with Crippen LogP contribution in [-0.2, 0) is 5.33 Å². The Labute approximate surface area is 98.6 Å². The van der Waals surface area contributed by atoms with Gasteiger partial charge in [0.1, 0.15) is 5.82 Å². The molecule has 74 valence electrons. The first-order valence-electron chi connectivity index (χ1n) is 4.07. The van der Waals surface area contributed by atoms with E-state index in [2.05, 4.69) is 15.9 Å². The zero-order valence-electron chi connectivity index (χ0n) is 7.51. The molecule has 0 aliphatic heterocycles. The van der Waals surface area contributed by atoms with Gasteiger partial charge in [-0.25, -0.2) is 4.39 Å². The molecule has 0 unspecified atom stereocenters. The third-order valence-corrected chi connectivity index (χ3v) is 5.09. The molecule has 0 spiro atoms. The van der Waals surface area contributed by atoms with Crippen molar-refractivity contribution in [3.05, 3.63) is 28.9 Å². The van der Waals surface area contributed by atoms with Crippen LogP contribution in [0.2, 0.25) is 0 Å². The summed E-state index contributed by atoms with van der Waals surface area (Å²) in [5, 5.41) is 1.57. The second kappa shape index (κ2) is 4.21. The molecular formula is C10H8BrFS2. The molecule has 0 aliphatic carbocycles. The molecule has 4 heteroatoms. The van der Waals surface area contributed by atoms with E-state index >= 15 is 0 Å². The molecule has 1 aromatic carbocycles. The molecule has 2 aromatic rings. The molecule has 14 heavy (non-hydrogen) atoms. The van der Waals surface area contributed by atoms with Gasteiger partial charge in [0, 0.05) is 25.2 Å². The standard InChI is InChI=1S/C10H8BrFS2/c1-13-10-8(5-11)14-7-4-2-3-6(12)9(7)10/h2-4H,5H2,1H3. The molecule has 1 aromatic heterocycles. The molecule has 0 saturated heterocycles. The number of benzene rings is 1. The quantitative estimate of drug-likeness (QED) is 0.573. The van der Waals surface area contributed by atoms with Crippen LogP contribution in [0.1, 0.15) is 4.88 Å². The van der Waals surface area contributed by atoms with Crippen LogP contribution in [0, 0.1) is 5.82 Å². The second-order valence-corrected chi connectivity index (χ2v) is 5.32. The van der Waals surface area contributed by atoms with E-state index in [0.717, 1.165) is 20.3 Å². The van der Waals surface area contributed by atoms with Gasteiger partial charge in [0.15, 0.2) is 0 Å². The smallest absolute Gasteiger partial charge is 0.133 e. The lowest BCUT2D eigenvalue weighted by Crippen LogP contribution is -1.77. The Hall–Kier alpha value is -0.0600. The van der Waals surface area contributed by atoms with Crippen molar-refractivity contribution in [2.24, 2.45) is 0 Å². The average Bonchev–Trinajstić information content (AvgIpc) is 2.56. The Morgan fingerprint density at radius 2 is 2.29 bits per heavy atom. The number of hydrogen-bond acceptors (Lipinski definition) is 2. The van der Waals surface area contributed by atoms with Crippen LogP contribution >= 0.6 is 39.0 Å². The molecule has 0 bridgehead atoms. The van der Waals surface area contributed by atoms with Crippen LogP contribution < -0.4 is 0 Å². The molecule has 0 fully saturated rings. The predicted molar refractivity (Wildman–Crippen MR) is 66.2 cm³/mol. The lowest BCUT2D eigenvalue weighted by Gasteiger charge is -1.97. The van der Waals surface area contributed by atoms with Crippen molar-refractivity contribution < 1.29 is 4.39 Å². The Morgan fingerprint density at radius 3 is 2.93 bits per heavy atom. The van der Waals surface area contributed by atoms with E-state index in [4.69, 9.17) is 0 Å². The van der Waals surface area contributed by atoms with Gasteiger partial charge in [-0.2, -0.15) is 0 Å². The summed E-state index contributed by atoms with van der Waals surface area (Å²) in [6.07, 6.45) is 1.99. The lowest BCUT2D eigenvalue weighted by molar-refractivity contribution is 0.638. The molecule has 0 aliphatic rings. The summed E-state index contributed by atoms with van der Waals surface area (Å²) in [5.41, 5.74) is 0. The maximum Gasteiger partial charge on any atom is 0.133 e. The number of halogens is 2. The maximum atomic E-state index is 13.6. The van der Waals surface area contributed by atoms with E-state index in [1.165, 1.54) is 10.9 Å². The van der Waals surface area contributed by atoms with Gasteiger partial charge in [0.05, 0.1) is 0 Å². The summed E-state index contributed by atoms with van der Waals surface area (Å²) >= 11 is 6.69. The van der Waals surface area contributed by atoms with Crippen LogP contribution in [0.5, 0.6) is 0 Å². The van der Waals surface area contributed by atoms with Gasteiger partial charge in [0.2, 0.25) is 0 Å². The van der Waals surface area contributed by atoms with Gasteiger partial charge in [-0.1, -0.05) is 22.0 Å². The summed E-state index contributed by atoms with van der Waals surface area (Å²) in [5.74, 6) is -0.115. The molecule has 0 N–H and O–H groups in total. The highest BCUT2D eigenvalue weighted by atomic mass is 79.9. The number of hydrogen-bond donors (Lipinski definition) is 0. The van der Waals surface area contributed by atoms with Crippen LogP contribution in [0.3, 0.4) is 0 Å². The summed E-state index contributed by atoms with van der Waals surface area (Å²) in [6.45, 7) is 0. The molecule has 0 radical (unpaired) electrons. The van der Waals surface area contributed by atoms with E-state index in [0.29, 0.717) is 0 Å². The zero-order valence-corrected chi connectivity index (χ0v) is 10.7. The molecule has 0 atom stereocenters. The highest BCUT2D eigenvalue weighted by Gasteiger charge is 2.13. The first-order valence-corrected chi connectivity index (χ1v) is 7.24. The molecule has 0 nitrogen and oxygen atoms in total. The number of rotatable bonds is 2. The summed E-state index contributed by atoms with van der Waals surface area (Å²) in [6, 6.07) is 5.25. The predicted octanol–water partition coefficient (Wildman–Crippen LogP) is 4.66. The first-order chi connectivity index (χ1) is 6.77. The van der Waals surface area contributed by atoms with Crippen LogP contribution in [0.25, 0.3) is 10.1 Å². The maximum absolute atomic E-state index is 13.6. The van der Waals surface area contributed by atoms with Crippen LogP contribution in [0.15, 0.2) is 23.1 Å². The van der Waals surface area contributed by atoms with Crippen LogP contribution in [0.4, 0.5) is 4.39 Å². The Kier molecular flexibility index (Phi) is 3.14. The average molecular weight is 291 g/mol. The Balaban J connectivity index is 2.81. The fourth-order valence-corrected chi connectivity index (χ4v) is 4.36. The van der Waals surface area contributed by atoms with Gasteiger partial charge < -0.3 is 0 Å². The van der Waals surface area contributed by atoms with E-state index in [-0.39, 0.29) is 5.82 Å². The summed E-state index contributed by atoms with van der Waals surface area (Å²) in [4.78, 5) is 2.28. The van der Waals surface area contributed by atoms with Gasteiger partial charge in [-0.15, -0.1) is 23.1 Å². The summed E-state index contributed by atoms with van der Waals surface area (Å²) < 4.78 is 14.6. The minimum atomic E-state index is -0.115. The number of alkyl halides is 1. The normalized spacial score (nSPS) is 11.1. The van der Waals surface area contributed by atoms with Crippen molar-refractivity contribution in [1.29, 1.82) is 0 Å². The van der Waals surface area contributed by atoms with Crippen molar-refractivity contribution in [1.82, 2.24) is 0 Å². The SMILES string of the molecule is CSc1c(CBr)sc2cccc(F)c12. The summed E-state index contributed by atoms with van der Waals surface area (Å²) in [7, 11) is 0. The monoisotopic (exact) mass is 290 g/mol. The minimum absolute atomic E-state index is 0.115. The molecule has 0 saturated carbocycles. The van der Waals surface area contributed by atoms with E-state index < -0.39 is 0 Å². The Bertz CT molecular complexity index is 464.